The summed E-state index contributed by atoms with van der Waals surface area (Å²) in [5, 5.41) is 10.3. The molecule has 0 atom stereocenters. The predicted octanol–water partition coefficient (Wildman–Crippen LogP) is 3.02. The van der Waals surface area contributed by atoms with Gasteiger partial charge in [-0.1, -0.05) is 0 Å². The molecule has 0 radical (unpaired) electrons. The van der Waals surface area contributed by atoms with Crippen LogP contribution >= 0.6 is 0 Å². The first-order valence-electron chi connectivity index (χ1n) is 8.29. The number of carbonyl (C=O) groups is 1. The number of fused-ring (bicyclic) bond motifs is 1. The zero-order valence-electron chi connectivity index (χ0n) is 13.8. The second kappa shape index (κ2) is 6.39. The first kappa shape index (κ1) is 15.4. The number of hydrogen-bond acceptors (Lipinski definition) is 6. The van der Waals surface area contributed by atoms with Crippen LogP contribution < -0.4 is 16.0 Å². The zero-order chi connectivity index (χ0) is 17.2. The molecule has 1 aliphatic rings. The Hall–Kier alpha value is -3.16. The number of aromatic amines is 1. The van der Waals surface area contributed by atoms with Crippen molar-refractivity contribution in [1.82, 2.24) is 19.9 Å². The van der Waals surface area contributed by atoms with Crippen LogP contribution in [0.15, 0.2) is 30.7 Å². The zero-order valence-corrected chi connectivity index (χ0v) is 13.8. The molecule has 128 valence electrons. The fourth-order valence-corrected chi connectivity index (χ4v) is 2.76. The molecule has 4 rings (SSSR count). The van der Waals surface area contributed by atoms with E-state index in [1.165, 1.54) is 26.2 Å². The topological polar surface area (TPSA) is 108 Å². The smallest absolute Gasteiger partial charge is 0.231 e. The van der Waals surface area contributed by atoms with E-state index in [-0.39, 0.29) is 5.91 Å². The highest BCUT2D eigenvalue weighted by molar-refractivity contribution is 5.90. The minimum atomic E-state index is -0.144. The van der Waals surface area contributed by atoms with Crippen molar-refractivity contribution in [3.8, 4) is 0 Å². The molecule has 4 N–H and O–H groups in total. The summed E-state index contributed by atoms with van der Waals surface area (Å²) in [4.78, 5) is 27.5. The number of nitrogens with zero attached hydrogens (tertiary/aromatic N) is 3. The van der Waals surface area contributed by atoms with Crippen LogP contribution in [0.25, 0.3) is 11.0 Å². The first-order chi connectivity index (χ1) is 12.2. The number of hydrogen-bond donors (Lipinski definition) is 4. The van der Waals surface area contributed by atoms with Gasteiger partial charge in [-0.25, -0.2) is 0 Å². The molecule has 1 amide bonds. The fourth-order valence-electron chi connectivity index (χ4n) is 2.76. The number of H-pyrrole nitrogens is 1. The minimum Gasteiger partial charge on any atom is -0.367 e. The number of nitrogens with one attached hydrogen (secondary N) is 4. The molecule has 0 saturated heterocycles. The third kappa shape index (κ3) is 3.37. The van der Waals surface area contributed by atoms with Gasteiger partial charge >= 0.3 is 0 Å². The molecule has 8 heteroatoms. The molecule has 1 saturated carbocycles. The highest BCUT2D eigenvalue weighted by Crippen LogP contribution is 2.28. The van der Waals surface area contributed by atoms with Crippen LogP contribution in [0.5, 0.6) is 0 Å². The van der Waals surface area contributed by atoms with Crippen molar-refractivity contribution in [2.75, 3.05) is 16.0 Å². The Balaban J connectivity index is 1.61. The highest BCUT2D eigenvalue weighted by atomic mass is 16.1. The minimum absolute atomic E-state index is 0.144. The normalized spacial score (nSPS) is 14.1. The molecule has 0 spiro atoms. The largest absolute Gasteiger partial charge is 0.367 e. The van der Waals surface area contributed by atoms with Gasteiger partial charge in [0.05, 0.1) is 29.2 Å². The summed E-state index contributed by atoms with van der Waals surface area (Å²) >= 11 is 0. The molecular weight excluding hydrogens is 318 g/mol. The molecule has 0 aromatic carbocycles. The lowest BCUT2D eigenvalue weighted by Crippen LogP contribution is -2.27. The van der Waals surface area contributed by atoms with E-state index in [1.807, 2.05) is 12.3 Å². The summed E-state index contributed by atoms with van der Waals surface area (Å²) < 4.78 is 0. The molecule has 0 bridgehead atoms. The van der Waals surface area contributed by atoms with Gasteiger partial charge in [0.1, 0.15) is 11.5 Å². The first-order valence-corrected chi connectivity index (χ1v) is 8.29. The maximum absolute atomic E-state index is 11.2. The summed E-state index contributed by atoms with van der Waals surface area (Å²) in [5.74, 6) is 1.15. The predicted molar refractivity (Wildman–Crippen MR) is 97.0 cm³/mol. The number of aromatic nitrogens is 4. The van der Waals surface area contributed by atoms with Crippen LogP contribution in [0.2, 0.25) is 0 Å². The molecule has 1 aliphatic carbocycles. The lowest BCUT2D eigenvalue weighted by Gasteiger charge is -2.27. The van der Waals surface area contributed by atoms with Crippen molar-refractivity contribution < 1.29 is 4.79 Å². The standard InChI is InChI=1S/C17H19N7O/c1-10(25)20-12-7-13(9-18-8-12)22-17-23-15-14(5-6-19-15)16(24-17)21-11-3-2-4-11/h5-9,11H,2-4H2,1H3,(H,20,25)(H3,19,21,22,23,24). The molecule has 3 aromatic heterocycles. The molecule has 1 fully saturated rings. The Bertz CT molecular complexity index is 916. The van der Waals surface area contributed by atoms with Gasteiger partial charge < -0.3 is 20.9 Å². The van der Waals surface area contributed by atoms with Crippen LogP contribution in [0.4, 0.5) is 23.1 Å². The number of anilines is 4. The Labute approximate surface area is 144 Å². The SMILES string of the molecule is CC(=O)Nc1cncc(Nc2nc(NC3CCC3)c3cc[nH]c3n2)c1. The second-order valence-electron chi connectivity index (χ2n) is 6.18. The van der Waals surface area contributed by atoms with Crippen molar-refractivity contribution in [3.05, 3.63) is 30.7 Å². The van der Waals surface area contributed by atoms with E-state index in [1.54, 1.807) is 18.5 Å². The average molecular weight is 337 g/mol. The van der Waals surface area contributed by atoms with Gasteiger partial charge in [-0.3, -0.25) is 9.78 Å². The summed E-state index contributed by atoms with van der Waals surface area (Å²) in [5.41, 5.74) is 2.09. The fraction of sp³-hybridized carbons (Fsp3) is 0.294. The number of carbonyl (C=O) groups excluding carboxylic acids is 1. The van der Waals surface area contributed by atoms with Gasteiger partial charge in [0.2, 0.25) is 11.9 Å². The molecule has 3 heterocycles. The number of pyridine rings is 1. The maximum Gasteiger partial charge on any atom is 0.231 e. The van der Waals surface area contributed by atoms with E-state index in [4.69, 9.17) is 0 Å². The van der Waals surface area contributed by atoms with E-state index in [0.29, 0.717) is 23.4 Å². The number of amides is 1. The van der Waals surface area contributed by atoms with Gasteiger partial charge in [-0.05, 0) is 31.4 Å². The Morgan fingerprint density at radius 3 is 2.84 bits per heavy atom. The van der Waals surface area contributed by atoms with Gasteiger partial charge in [0, 0.05) is 19.2 Å². The molecule has 3 aromatic rings. The van der Waals surface area contributed by atoms with Crippen molar-refractivity contribution >= 4 is 40.1 Å². The van der Waals surface area contributed by atoms with Gasteiger partial charge in [0.25, 0.3) is 0 Å². The summed E-state index contributed by atoms with van der Waals surface area (Å²) in [6.45, 7) is 1.46. The summed E-state index contributed by atoms with van der Waals surface area (Å²) in [6.07, 6.45) is 8.69. The molecule has 25 heavy (non-hydrogen) atoms. The van der Waals surface area contributed by atoms with Gasteiger partial charge in [0.15, 0.2) is 0 Å². The summed E-state index contributed by atoms with van der Waals surface area (Å²) in [7, 11) is 0. The maximum atomic E-state index is 11.2. The van der Waals surface area contributed by atoms with Crippen molar-refractivity contribution in [2.24, 2.45) is 0 Å². The van der Waals surface area contributed by atoms with Crippen molar-refractivity contribution in [3.63, 3.8) is 0 Å². The number of rotatable bonds is 5. The molecule has 0 aliphatic heterocycles. The third-order valence-electron chi connectivity index (χ3n) is 4.18. The van der Waals surface area contributed by atoms with Gasteiger partial charge in [-0.15, -0.1) is 0 Å². The summed E-state index contributed by atoms with van der Waals surface area (Å²) in [6, 6.07) is 4.24. The van der Waals surface area contributed by atoms with Gasteiger partial charge in [-0.2, -0.15) is 9.97 Å². The molecular formula is C17H19N7O. The van der Waals surface area contributed by atoms with Crippen molar-refractivity contribution in [1.29, 1.82) is 0 Å². The van der Waals surface area contributed by atoms with Crippen molar-refractivity contribution in [2.45, 2.75) is 32.2 Å². The van der Waals surface area contributed by atoms with E-state index in [2.05, 4.69) is 35.9 Å². The van der Waals surface area contributed by atoms with E-state index in [9.17, 15) is 4.79 Å². The van der Waals surface area contributed by atoms with Crippen LogP contribution in [0.3, 0.4) is 0 Å². The van der Waals surface area contributed by atoms with Crippen LogP contribution in [0, 0.1) is 0 Å². The van der Waals surface area contributed by atoms with Crippen LogP contribution in [0.1, 0.15) is 26.2 Å². The third-order valence-corrected chi connectivity index (χ3v) is 4.18. The quantitative estimate of drug-likeness (QED) is 0.570. The monoisotopic (exact) mass is 337 g/mol. The van der Waals surface area contributed by atoms with Crippen LogP contribution in [-0.4, -0.2) is 31.9 Å². The Morgan fingerprint density at radius 2 is 2.08 bits per heavy atom. The molecule has 0 unspecified atom stereocenters. The second-order valence-corrected chi connectivity index (χ2v) is 6.18. The van der Waals surface area contributed by atoms with E-state index < -0.39 is 0 Å². The highest BCUT2D eigenvalue weighted by Gasteiger charge is 2.19. The Morgan fingerprint density at radius 1 is 1.24 bits per heavy atom. The lowest BCUT2D eigenvalue weighted by atomic mass is 9.93. The Kier molecular flexibility index (Phi) is 3.93. The van der Waals surface area contributed by atoms with Crippen LogP contribution in [-0.2, 0) is 4.79 Å². The lowest BCUT2D eigenvalue weighted by molar-refractivity contribution is -0.114. The van der Waals surface area contributed by atoms with E-state index in [0.717, 1.165) is 16.9 Å². The molecule has 8 nitrogen and oxygen atoms in total. The van der Waals surface area contributed by atoms with E-state index >= 15 is 0 Å². The average Bonchev–Trinajstić information content (AvgIpc) is 2.99.